The number of amides is 1. The molecule has 2 aromatic carbocycles. The van der Waals surface area contributed by atoms with Crippen molar-refractivity contribution in [1.82, 2.24) is 10.6 Å². The van der Waals surface area contributed by atoms with Gasteiger partial charge in [-0.25, -0.2) is 13.2 Å². The van der Waals surface area contributed by atoms with Crippen molar-refractivity contribution in [2.75, 3.05) is 25.5 Å². The number of carbonyl (C=O) groups excluding carboxylic acids is 1. The number of nitrogens with zero attached hydrogens (tertiary/aromatic N) is 1. The first-order chi connectivity index (χ1) is 13.3. The number of aliphatic imine (C=N–C) groups is 1. The summed E-state index contributed by atoms with van der Waals surface area (Å²) in [5, 5.41) is 8.05. The molecule has 0 aliphatic heterocycles. The number of benzene rings is 2. The fourth-order valence-corrected chi connectivity index (χ4v) is 2.74. The number of carbonyl (C=O) groups is 1. The van der Waals surface area contributed by atoms with Crippen LogP contribution in [0.4, 0.5) is 18.9 Å². The molecular formula is C20H24F3IN4O. The molecule has 0 saturated carbocycles. The molecule has 2 aromatic rings. The minimum absolute atomic E-state index is 0. The highest BCUT2D eigenvalue weighted by Crippen LogP contribution is 2.19. The Labute approximate surface area is 185 Å². The molecular weight excluding hydrogens is 496 g/mol. The van der Waals surface area contributed by atoms with Gasteiger partial charge in [0.25, 0.3) is 0 Å². The smallest absolute Gasteiger partial charge is 0.243 e. The third kappa shape index (κ3) is 7.56. The summed E-state index contributed by atoms with van der Waals surface area (Å²) in [6, 6.07) is 8.02. The maximum absolute atomic E-state index is 13.6. The van der Waals surface area contributed by atoms with Crippen LogP contribution in [0.1, 0.15) is 16.7 Å². The average Bonchev–Trinajstić information content (AvgIpc) is 2.64. The number of hydrogen-bond acceptors (Lipinski definition) is 2. The lowest BCUT2D eigenvalue weighted by Crippen LogP contribution is -2.42. The highest BCUT2D eigenvalue weighted by molar-refractivity contribution is 14.0. The summed E-state index contributed by atoms with van der Waals surface area (Å²) in [6.45, 7) is 4.46. The van der Waals surface area contributed by atoms with Crippen LogP contribution in [-0.2, 0) is 11.2 Å². The lowest BCUT2D eigenvalue weighted by Gasteiger charge is -2.13. The minimum atomic E-state index is -1.63. The van der Waals surface area contributed by atoms with Crippen LogP contribution in [0.5, 0.6) is 0 Å². The van der Waals surface area contributed by atoms with Gasteiger partial charge in [-0.15, -0.1) is 24.0 Å². The average molecular weight is 520 g/mol. The summed E-state index contributed by atoms with van der Waals surface area (Å²) in [7, 11) is 1.55. The molecule has 0 aromatic heterocycles. The van der Waals surface area contributed by atoms with E-state index in [1.165, 1.54) is 16.7 Å². The van der Waals surface area contributed by atoms with Crippen LogP contribution in [0.15, 0.2) is 35.3 Å². The van der Waals surface area contributed by atoms with E-state index in [1.54, 1.807) is 7.05 Å². The van der Waals surface area contributed by atoms with Gasteiger partial charge in [-0.3, -0.25) is 9.79 Å². The molecule has 158 valence electrons. The maximum Gasteiger partial charge on any atom is 0.243 e. The van der Waals surface area contributed by atoms with Crippen LogP contribution in [0.2, 0.25) is 0 Å². The summed E-state index contributed by atoms with van der Waals surface area (Å²) in [6.07, 6.45) is 0.773. The minimum Gasteiger partial charge on any atom is -0.356 e. The molecule has 3 N–H and O–H groups in total. The van der Waals surface area contributed by atoms with Crippen LogP contribution in [0.3, 0.4) is 0 Å². The van der Waals surface area contributed by atoms with E-state index >= 15 is 0 Å². The molecule has 0 fully saturated rings. The molecule has 1 amide bonds. The third-order valence-electron chi connectivity index (χ3n) is 3.94. The van der Waals surface area contributed by atoms with Crippen LogP contribution in [0, 0.1) is 31.3 Å². The predicted octanol–water partition coefficient (Wildman–Crippen LogP) is 3.68. The molecule has 0 unspecified atom stereocenters. The van der Waals surface area contributed by atoms with E-state index in [0.717, 1.165) is 18.6 Å². The first-order valence-corrected chi connectivity index (χ1v) is 8.75. The van der Waals surface area contributed by atoms with Gasteiger partial charge in [-0.1, -0.05) is 29.3 Å². The highest BCUT2D eigenvalue weighted by atomic mass is 127. The molecule has 5 nitrogen and oxygen atoms in total. The van der Waals surface area contributed by atoms with Gasteiger partial charge in [0.2, 0.25) is 5.91 Å². The Hall–Kier alpha value is -2.30. The maximum atomic E-state index is 13.6. The molecule has 0 spiro atoms. The summed E-state index contributed by atoms with van der Waals surface area (Å²) in [5.74, 6) is -4.62. The zero-order valence-electron chi connectivity index (χ0n) is 16.4. The molecule has 0 heterocycles. The second-order valence-electron chi connectivity index (χ2n) is 6.37. The Morgan fingerprint density at radius 3 is 2.28 bits per heavy atom. The monoisotopic (exact) mass is 520 g/mol. The molecule has 0 aliphatic rings. The van der Waals surface area contributed by atoms with E-state index in [-0.39, 0.29) is 30.5 Å². The first-order valence-electron chi connectivity index (χ1n) is 8.75. The molecule has 29 heavy (non-hydrogen) atoms. The zero-order chi connectivity index (χ0) is 20.7. The van der Waals surface area contributed by atoms with Crippen molar-refractivity contribution in [3.63, 3.8) is 0 Å². The van der Waals surface area contributed by atoms with E-state index in [9.17, 15) is 18.0 Å². The molecule has 0 atom stereocenters. The van der Waals surface area contributed by atoms with Crippen molar-refractivity contribution in [3.8, 4) is 0 Å². The predicted molar refractivity (Wildman–Crippen MR) is 119 cm³/mol. The number of halogens is 4. The molecule has 0 radical (unpaired) electrons. The zero-order valence-corrected chi connectivity index (χ0v) is 18.7. The van der Waals surface area contributed by atoms with Crippen LogP contribution < -0.4 is 16.0 Å². The van der Waals surface area contributed by atoms with Crippen molar-refractivity contribution in [2.45, 2.75) is 20.3 Å². The van der Waals surface area contributed by atoms with Gasteiger partial charge in [-0.2, -0.15) is 0 Å². The van der Waals surface area contributed by atoms with Crippen LogP contribution in [0.25, 0.3) is 0 Å². The first kappa shape index (κ1) is 24.7. The van der Waals surface area contributed by atoms with E-state index < -0.39 is 29.0 Å². The summed E-state index contributed by atoms with van der Waals surface area (Å²) >= 11 is 0. The number of anilines is 1. The fraction of sp³-hybridized carbons (Fsp3) is 0.300. The summed E-state index contributed by atoms with van der Waals surface area (Å²) in [5.41, 5.74) is 3.15. The summed E-state index contributed by atoms with van der Waals surface area (Å²) < 4.78 is 39.7. The Balaban J connectivity index is 0.00000420. The van der Waals surface area contributed by atoms with Crippen LogP contribution >= 0.6 is 24.0 Å². The van der Waals surface area contributed by atoms with Gasteiger partial charge in [0, 0.05) is 13.6 Å². The number of guanidine groups is 1. The van der Waals surface area contributed by atoms with Gasteiger partial charge in [0.15, 0.2) is 23.4 Å². The van der Waals surface area contributed by atoms with Gasteiger partial charge in [-0.05, 0) is 38.0 Å². The van der Waals surface area contributed by atoms with Crippen molar-refractivity contribution >= 4 is 41.5 Å². The second-order valence-corrected chi connectivity index (χ2v) is 6.37. The Bertz CT molecular complexity index is 870. The molecule has 0 bridgehead atoms. The van der Waals surface area contributed by atoms with Crippen molar-refractivity contribution in [3.05, 3.63) is 64.5 Å². The van der Waals surface area contributed by atoms with E-state index in [1.807, 2.05) is 13.8 Å². The van der Waals surface area contributed by atoms with E-state index in [4.69, 9.17) is 0 Å². The Morgan fingerprint density at radius 1 is 1.00 bits per heavy atom. The lowest BCUT2D eigenvalue weighted by molar-refractivity contribution is -0.115. The van der Waals surface area contributed by atoms with E-state index in [0.29, 0.717) is 12.5 Å². The highest BCUT2D eigenvalue weighted by Gasteiger charge is 2.15. The summed E-state index contributed by atoms with van der Waals surface area (Å²) in [4.78, 5) is 15.9. The fourth-order valence-electron chi connectivity index (χ4n) is 2.74. The van der Waals surface area contributed by atoms with Gasteiger partial charge >= 0.3 is 0 Å². The molecule has 2 rings (SSSR count). The standard InChI is InChI=1S/C20H23F3N4O.HI/c1-12-8-13(2)10-14(9-12)6-7-25-20(24-3)26-11-17(28)27-16-5-4-15(21)18(22)19(16)23;/h4-5,8-10H,6-7,11H2,1-3H3,(H,27,28)(H2,24,25,26);1H. The normalized spacial score (nSPS) is 10.9. The van der Waals surface area contributed by atoms with Gasteiger partial charge < -0.3 is 16.0 Å². The van der Waals surface area contributed by atoms with Gasteiger partial charge in [0.1, 0.15) is 0 Å². The number of aryl methyl sites for hydroxylation is 2. The number of rotatable bonds is 6. The SMILES string of the molecule is CN=C(NCCc1cc(C)cc(C)c1)NCC(=O)Nc1ccc(F)c(F)c1F.I. The number of nitrogens with one attached hydrogen (secondary N) is 3. The van der Waals surface area contributed by atoms with E-state index in [2.05, 4.69) is 39.1 Å². The quantitative estimate of drug-likeness (QED) is 0.236. The Morgan fingerprint density at radius 2 is 1.66 bits per heavy atom. The van der Waals surface area contributed by atoms with Crippen LogP contribution in [-0.4, -0.2) is 32.0 Å². The second kappa shape index (κ2) is 11.6. The lowest BCUT2D eigenvalue weighted by atomic mass is 10.1. The largest absolute Gasteiger partial charge is 0.356 e. The van der Waals surface area contributed by atoms with Crippen molar-refractivity contribution in [2.24, 2.45) is 4.99 Å². The molecule has 0 aliphatic carbocycles. The van der Waals surface area contributed by atoms with Gasteiger partial charge in [0.05, 0.1) is 12.2 Å². The van der Waals surface area contributed by atoms with Crippen molar-refractivity contribution < 1.29 is 18.0 Å². The van der Waals surface area contributed by atoms with Crippen molar-refractivity contribution in [1.29, 1.82) is 0 Å². The molecule has 0 saturated heterocycles. The molecule has 9 heteroatoms. The number of hydrogen-bond donors (Lipinski definition) is 3. The Kier molecular flexibility index (Phi) is 9.93. The third-order valence-corrected chi connectivity index (χ3v) is 3.94. The topological polar surface area (TPSA) is 65.5 Å².